The molecule has 2 nitrogen and oxygen atoms in total. The Morgan fingerprint density at radius 2 is 1.43 bits per heavy atom. The lowest BCUT2D eigenvalue weighted by molar-refractivity contribution is -0.0219. The zero-order valence-electron chi connectivity index (χ0n) is 14.4. The molecule has 3 aliphatic rings. The van der Waals surface area contributed by atoms with E-state index in [1.165, 1.54) is 83.7 Å². The molecular weight excluding hydrogens is 256 g/mol. The topological polar surface area (TPSA) is 29.3 Å². The first kappa shape index (κ1) is 15.8. The van der Waals surface area contributed by atoms with E-state index < -0.39 is 0 Å². The van der Waals surface area contributed by atoms with Gasteiger partial charge in [-0.3, -0.25) is 4.90 Å². The molecule has 122 valence electrons. The van der Waals surface area contributed by atoms with E-state index in [0.717, 1.165) is 12.0 Å². The monoisotopic (exact) mass is 292 g/mol. The van der Waals surface area contributed by atoms with Gasteiger partial charge in [-0.1, -0.05) is 33.1 Å². The highest BCUT2D eigenvalue weighted by atomic mass is 15.2. The quantitative estimate of drug-likeness (QED) is 0.839. The molecule has 0 amide bonds. The maximum absolute atomic E-state index is 6.31. The fraction of sp³-hybridized carbons (Fsp3) is 1.00. The molecule has 0 aromatic rings. The van der Waals surface area contributed by atoms with Crippen molar-refractivity contribution in [1.82, 2.24) is 4.90 Å². The van der Waals surface area contributed by atoms with Crippen LogP contribution in [0.25, 0.3) is 0 Å². The SMILES string of the molecule is CCC1(C)CCN(C2(CN)CCC3(CCCC3)CC2)CC1. The summed E-state index contributed by atoms with van der Waals surface area (Å²) in [5.74, 6) is 0. The Hall–Kier alpha value is -0.0800. The fourth-order valence-electron chi connectivity index (χ4n) is 5.39. The summed E-state index contributed by atoms with van der Waals surface area (Å²) in [6.07, 6.45) is 15.7. The number of hydrogen-bond acceptors (Lipinski definition) is 2. The number of rotatable bonds is 3. The summed E-state index contributed by atoms with van der Waals surface area (Å²) < 4.78 is 0. The van der Waals surface area contributed by atoms with Crippen molar-refractivity contribution in [2.45, 2.75) is 90.0 Å². The fourth-order valence-corrected chi connectivity index (χ4v) is 5.39. The molecule has 3 rings (SSSR count). The zero-order chi connectivity index (χ0) is 15.0. The Bertz CT molecular complexity index is 339. The number of hydrogen-bond donors (Lipinski definition) is 1. The van der Waals surface area contributed by atoms with Crippen LogP contribution in [0.1, 0.15) is 84.5 Å². The first-order valence-corrected chi connectivity index (χ1v) is 9.51. The van der Waals surface area contributed by atoms with Crippen LogP contribution >= 0.6 is 0 Å². The van der Waals surface area contributed by atoms with E-state index in [9.17, 15) is 0 Å². The third-order valence-corrected chi connectivity index (χ3v) is 7.78. The van der Waals surface area contributed by atoms with Crippen LogP contribution in [0.3, 0.4) is 0 Å². The van der Waals surface area contributed by atoms with Crippen molar-refractivity contribution in [3.63, 3.8) is 0 Å². The average molecular weight is 293 g/mol. The third-order valence-electron chi connectivity index (χ3n) is 7.78. The average Bonchev–Trinajstić information content (AvgIpc) is 2.98. The van der Waals surface area contributed by atoms with Crippen molar-refractivity contribution in [2.24, 2.45) is 16.6 Å². The molecule has 0 aromatic carbocycles. The molecule has 1 spiro atoms. The number of nitrogens with zero attached hydrogens (tertiary/aromatic N) is 1. The largest absolute Gasteiger partial charge is 0.329 e. The Balaban J connectivity index is 1.63. The molecule has 21 heavy (non-hydrogen) atoms. The van der Waals surface area contributed by atoms with Gasteiger partial charge in [0.15, 0.2) is 0 Å². The Labute approximate surface area is 131 Å². The van der Waals surface area contributed by atoms with Gasteiger partial charge in [0.25, 0.3) is 0 Å². The summed E-state index contributed by atoms with van der Waals surface area (Å²) in [7, 11) is 0. The van der Waals surface area contributed by atoms with Crippen molar-refractivity contribution in [3.05, 3.63) is 0 Å². The second-order valence-corrected chi connectivity index (χ2v) is 8.79. The highest BCUT2D eigenvalue weighted by molar-refractivity contribution is 5.02. The normalized spacial score (nSPS) is 31.6. The summed E-state index contributed by atoms with van der Waals surface area (Å²) in [6, 6.07) is 0. The van der Waals surface area contributed by atoms with E-state index in [-0.39, 0.29) is 0 Å². The molecule has 2 heteroatoms. The van der Waals surface area contributed by atoms with E-state index >= 15 is 0 Å². The zero-order valence-corrected chi connectivity index (χ0v) is 14.4. The van der Waals surface area contributed by atoms with Gasteiger partial charge in [-0.15, -0.1) is 0 Å². The Morgan fingerprint density at radius 1 is 0.857 bits per heavy atom. The molecule has 0 atom stereocenters. The standard InChI is InChI=1S/C19H36N2/c1-3-17(2)12-14-21(15-13-17)19(16-20)10-8-18(9-11-19)6-4-5-7-18/h3-16,20H2,1-2H3. The molecule has 2 N–H and O–H groups in total. The lowest BCUT2D eigenvalue weighted by Crippen LogP contribution is -2.59. The molecular formula is C19H36N2. The van der Waals surface area contributed by atoms with Gasteiger partial charge in [-0.25, -0.2) is 0 Å². The van der Waals surface area contributed by atoms with Gasteiger partial charge in [-0.2, -0.15) is 0 Å². The van der Waals surface area contributed by atoms with E-state index in [1.54, 1.807) is 0 Å². The highest BCUT2D eigenvalue weighted by Gasteiger charge is 2.47. The second kappa shape index (κ2) is 5.85. The Kier molecular flexibility index (Phi) is 4.40. The maximum atomic E-state index is 6.31. The minimum atomic E-state index is 0.350. The van der Waals surface area contributed by atoms with E-state index in [2.05, 4.69) is 18.7 Å². The highest BCUT2D eigenvalue weighted by Crippen LogP contribution is 2.53. The van der Waals surface area contributed by atoms with E-state index in [0.29, 0.717) is 11.0 Å². The summed E-state index contributed by atoms with van der Waals surface area (Å²) in [5.41, 5.74) is 7.98. The van der Waals surface area contributed by atoms with Crippen molar-refractivity contribution < 1.29 is 0 Å². The van der Waals surface area contributed by atoms with Gasteiger partial charge in [-0.05, 0) is 75.3 Å². The van der Waals surface area contributed by atoms with E-state index in [4.69, 9.17) is 5.73 Å². The molecule has 0 radical (unpaired) electrons. The molecule has 2 aliphatic carbocycles. The first-order chi connectivity index (χ1) is 10.1. The number of nitrogens with two attached hydrogens (primary N) is 1. The minimum Gasteiger partial charge on any atom is -0.329 e. The van der Waals surface area contributed by atoms with Crippen LogP contribution in [0.5, 0.6) is 0 Å². The molecule has 0 unspecified atom stereocenters. The van der Waals surface area contributed by atoms with Crippen LogP contribution in [-0.2, 0) is 0 Å². The predicted molar refractivity (Wildman–Crippen MR) is 90.4 cm³/mol. The van der Waals surface area contributed by atoms with Crippen LogP contribution in [-0.4, -0.2) is 30.1 Å². The van der Waals surface area contributed by atoms with Crippen LogP contribution in [0.15, 0.2) is 0 Å². The Morgan fingerprint density at radius 3 is 1.90 bits per heavy atom. The predicted octanol–water partition coefficient (Wildman–Crippen LogP) is 4.33. The smallest absolute Gasteiger partial charge is 0.0332 e. The summed E-state index contributed by atoms with van der Waals surface area (Å²) in [5, 5.41) is 0. The second-order valence-electron chi connectivity index (χ2n) is 8.79. The first-order valence-electron chi connectivity index (χ1n) is 9.51. The molecule has 3 fully saturated rings. The minimum absolute atomic E-state index is 0.350. The third kappa shape index (κ3) is 2.91. The lowest BCUT2D eigenvalue weighted by Gasteiger charge is -2.53. The van der Waals surface area contributed by atoms with Gasteiger partial charge in [0.2, 0.25) is 0 Å². The summed E-state index contributed by atoms with van der Waals surface area (Å²) >= 11 is 0. The molecule has 1 heterocycles. The summed E-state index contributed by atoms with van der Waals surface area (Å²) in [6.45, 7) is 8.29. The molecule has 1 aliphatic heterocycles. The van der Waals surface area contributed by atoms with Gasteiger partial charge >= 0.3 is 0 Å². The van der Waals surface area contributed by atoms with Crippen LogP contribution < -0.4 is 5.73 Å². The number of piperidine rings is 1. The molecule has 0 bridgehead atoms. The van der Waals surface area contributed by atoms with Crippen molar-refractivity contribution in [2.75, 3.05) is 19.6 Å². The maximum Gasteiger partial charge on any atom is 0.0332 e. The van der Waals surface area contributed by atoms with Crippen LogP contribution in [0.4, 0.5) is 0 Å². The van der Waals surface area contributed by atoms with Crippen molar-refractivity contribution in [3.8, 4) is 0 Å². The van der Waals surface area contributed by atoms with Crippen LogP contribution in [0.2, 0.25) is 0 Å². The van der Waals surface area contributed by atoms with Crippen molar-refractivity contribution in [1.29, 1.82) is 0 Å². The summed E-state index contributed by atoms with van der Waals surface area (Å²) in [4.78, 5) is 2.80. The molecule has 2 saturated carbocycles. The van der Waals surface area contributed by atoms with Gasteiger partial charge in [0, 0.05) is 12.1 Å². The lowest BCUT2D eigenvalue weighted by atomic mass is 9.65. The number of likely N-dealkylation sites (tertiary alicyclic amines) is 1. The van der Waals surface area contributed by atoms with E-state index in [1.807, 2.05) is 0 Å². The molecule has 0 aromatic heterocycles. The van der Waals surface area contributed by atoms with Crippen LogP contribution in [0, 0.1) is 10.8 Å². The van der Waals surface area contributed by atoms with Gasteiger partial charge in [0.1, 0.15) is 0 Å². The van der Waals surface area contributed by atoms with Crippen molar-refractivity contribution >= 4 is 0 Å². The van der Waals surface area contributed by atoms with Gasteiger partial charge < -0.3 is 5.73 Å². The van der Waals surface area contributed by atoms with Gasteiger partial charge in [0.05, 0.1) is 0 Å². The molecule has 1 saturated heterocycles.